The molecule has 2 aliphatic heterocycles. The normalized spacial score (nSPS) is 16.7. The highest BCUT2D eigenvalue weighted by molar-refractivity contribution is 6.02. The summed E-state index contributed by atoms with van der Waals surface area (Å²) in [4.78, 5) is 198. The van der Waals surface area contributed by atoms with Crippen LogP contribution < -0.4 is 52.5 Å². The van der Waals surface area contributed by atoms with Crippen LogP contribution in [0.2, 0.25) is 0 Å². The number of aliphatic imine (C=N–C) groups is 3. The fourth-order valence-electron chi connectivity index (χ4n) is 14.5. The van der Waals surface area contributed by atoms with Crippen molar-refractivity contribution >= 4 is 101 Å². The second-order valence-corrected chi connectivity index (χ2v) is 40.4. The van der Waals surface area contributed by atoms with Gasteiger partial charge in [-0.05, 0) is 129 Å². The quantitative estimate of drug-likeness (QED) is 0.00344. The van der Waals surface area contributed by atoms with E-state index in [-0.39, 0.29) is 90.7 Å². The minimum Gasteiger partial charge on any atom is -0.595 e. The second-order valence-electron chi connectivity index (χ2n) is 40.4. The molecule has 144 heavy (non-hydrogen) atoms. The smallest absolute Gasteiger partial charge is 0.345 e. The summed E-state index contributed by atoms with van der Waals surface area (Å²) >= 11 is 0. The fourth-order valence-corrected chi connectivity index (χ4v) is 14.5. The van der Waals surface area contributed by atoms with Crippen LogP contribution in [0.4, 0.5) is 0 Å². The topological polar surface area (TPSA) is 512 Å². The van der Waals surface area contributed by atoms with Crippen LogP contribution in [0.1, 0.15) is 273 Å². The van der Waals surface area contributed by atoms with Crippen molar-refractivity contribution < 1.29 is 116 Å². The Balaban J connectivity index is 0.000000461. The summed E-state index contributed by atoms with van der Waals surface area (Å²) in [5.41, 5.74) is 0.0748. The molecule has 0 aliphatic carbocycles. The summed E-state index contributed by atoms with van der Waals surface area (Å²) in [7, 11) is 0. The number of amides is 8. The maximum atomic E-state index is 13.9. The van der Waals surface area contributed by atoms with Gasteiger partial charge in [-0.2, -0.15) is 0 Å². The monoisotopic (exact) mass is 2000 g/mol. The SMILES string of the molecule is C=CC(C)(C)C.CC[C@H](C)C(N=C([O-])OC(C)(C)C)C(=O)N[C@@H](C)C(=O)N1CCCC1CC(=O)N[C@@H](Cc1ccccc1)C(=O)OC(=O)c1ccccc1.CC[C@H](NC(=O)[C@@H](N=C([O-])OC(C)(C)C)C(C)C)C(=O)OC(=O)c1ccccc1.CC[C@H](NC(=O)[C@H](N=C([O-])OC(C)(C)C)C(C)C)C(=O)NC(C(O)N[C@@H](C)C(=O)N1CCCC1CC(=O)N[C@@H](Cc1ccccc1)C(=O)OC(=O)c1ccccc1)[C@@H](C)CC. The third kappa shape index (κ3) is 44.7. The molecule has 0 aromatic heterocycles. The van der Waals surface area contributed by atoms with Crippen LogP contribution in [0.5, 0.6) is 0 Å². The Kier molecular flexibility index (Phi) is 51.0. The molecule has 5 aromatic carbocycles. The van der Waals surface area contributed by atoms with E-state index in [2.05, 4.69) is 79.5 Å². The summed E-state index contributed by atoms with van der Waals surface area (Å²) in [6.45, 7) is 46.8. The van der Waals surface area contributed by atoms with E-state index < -0.39 is 185 Å². The summed E-state index contributed by atoms with van der Waals surface area (Å²) in [6.07, 6.45) is 1.75. The lowest BCUT2D eigenvalue weighted by Crippen LogP contribution is -2.60. The number of aliphatic hydroxyl groups excluding tert-OH is 1. The number of benzene rings is 5. The van der Waals surface area contributed by atoms with Gasteiger partial charge in [-0.1, -0.05) is 287 Å². The number of carbonyl (C=O) groups is 14. The van der Waals surface area contributed by atoms with Gasteiger partial charge >= 0.3 is 35.8 Å². The lowest BCUT2D eigenvalue weighted by atomic mass is 9.96. The lowest BCUT2D eigenvalue weighted by Gasteiger charge is -2.34. The molecule has 792 valence electrons. The minimum atomic E-state index is -1.38. The number of rotatable bonds is 40. The van der Waals surface area contributed by atoms with Gasteiger partial charge in [-0.15, -0.1) is 6.58 Å². The number of likely N-dealkylation sites (tertiary alicyclic amines) is 2. The number of nitrogens with one attached hydrogen (secondary N) is 7. The van der Waals surface area contributed by atoms with Crippen LogP contribution in [0.25, 0.3) is 0 Å². The molecule has 8 N–H and O–H groups in total. The number of carbonyl (C=O) groups excluding carboxylic acids is 14. The molecule has 2 fully saturated rings. The van der Waals surface area contributed by atoms with Gasteiger partial charge in [0.05, 0.1) is 28.8 Å². The first-order chi connectivity index (χ1) is 67.4. The number of hydrogen-bond acceptors (Lipinski definition) is 28. The Morgan fingerprint density at radius 1 is 0.403 bits per heavy atom. The standard InChI is InChI=1S/C45H66N6O10.C36H48N4O8.C21H30N2O6.C6H12/c1-10-28(5)37(49-38(53)33(11-2)48-39(54)36(27(3)4)50-44(59)61-45(7,8)9)40(55)46-29(6)41(56)51-24-18-23-32(51)26-35(52)47-34(25-30-19-14-12-15-20-30)43(58)60-42(57)31-21-16-13-17-22-31;1-7-23(2)30(39-35(46)48-36(4,5)6)31(42)37-24(3)32(43)40-20-14-19-27(40)22-29(41)38-28(21-25-15-10-8-11-16-25)34(45)47-33(44)26-17-12-9-13-18-26;1-7-15(19(26)28-18(25)14-11-9-8-10-12-14)22-17(24)16(13(2)3)23-20(27)29-21(4,5)6;1-5-6(2,3)4/h12-17,19-22,27-29,32-34,36-37,40,46,55H,10-11,18,23-26H2,1-9H3,(H,47,52)(H,48,54)(H,49,53)(H,50,59);8-13,15-18,23-24,27-28,30H,7,14,19-22H2,1-6H3,(H,37,42)(H,38,41)(H,39,46);8-13,15-16H,7H2,1-6H3,(H,22,24)(H,23,27);5H,1H2,2-4H3/p-3/t28-,29-,32?,33-,34-,36+,37?,40?;23-,24-,27?,28-,30?;15-,16-;/m000./s1. The summed E-state index contributed by atoms with van der Waals surface area (Å²) in [6, 6.07) is 30.8. The van der Waals surface area contributed by atoms with E-state index in [1.165, 1.54) is 36.4 Å². The Hall–Kier alpha value is -13.3. The predicted molar refractivity (Wildman–Crippen MR) is 540 cm³/mol. The van der Waals surface area contributed by atoms with Crippen LogP contribution in [0.15, 0.2) is 179 Å². The molecule has 7 rings (SSSR count). The number of nitrogens with zero attached hydrogens (tertiary/aromatic N) is 5. The van der Waals surface area contributed by atoms with E-state index in [0.29, 0.717) is 57.0 Å². The van der Waals surface area contributed by atoms with Gasteiger partial charge in [0.15, 0.2) is 0 Å². The molecule has 8 amide bonds. The molecule has 5 aromatic rings. The van der Waals surface area contributed by atoms with Crippen LogP contribution >= 0.6 is 0 Å². The highest BCUT2D eigenvalue weighted by atomic mass is 16.6. The fraction of sp³-hybridized carbons (Fsp3) is 0.546. The van der Waals surface area contributed by atoms with E-state index in [4.69, 9.17) is 28.4 Å². The van der Waals surface area contributed by atoms with Crippen molar-refractivity contribution in [3.63, 3.8) is 0 Å². The van der Waals surface area contributed by atoms with Gasteiger partial charge in [-0.3, -0.25) is 58.7 Å². The number of hydrogen-bond donors (Lipinski definition) is 8. The van der Waals surface area contributed by atoms with Gasteiger partial charge in [0.2, 0.25) is 47.3 Å². The number of ether oxygens (including phenoxy) is 6. The maximum Gasteiger partial charge on any atom is 0.345 e. The molecule has 0 radical (unpaired) electrons. The van der Waals surface area contributed by atoms with E-state index in [1.807, 2.05) is 39.0 Å². The Morgan fingerprint density at radius 3 is 1.02 bits per heavy atom. The van der Waals surface area contributed by atoms with Crippen molar-refractivity contribution in [2.45, 2.75) is 339 Å². The molecule has 5 unspecified atom stereocenters. The second kappa shape index (κ2) is 59.7. The van der Waals surface area contributed by atoms with Crippen molar-refractivity contribution in [1.29, 1.82) is 0 Å². The first-order valence-electron chi connectivity index (χ1n) is 49.2. The zero-order valence-corrected chi connectivity index (χ0v) is 88.0. The zero-order valence-electron chi connectivity index (χ0n) is 88.0. The molecule has 36 nitrogen and oxygen atoms in total. The summed E-state index contributed by atoms with van der Waals surface area (Å²) in [5, 5.41) is 67.3. The maximum absolute atomic E-state index is 13.9. The molecule has 0 saturated carbocycles. The van der Waals surface area contributed by atoms with Crippen molar-refractivity contribution in [1.82, 2.24) is 47.0 Å². The van der Waals surface area contributed by atoms with Crippen molar-refractivity contribution in [2.24, 2.45) is 44.1 Å². The number of aliphatic hydroxyl groups is 1. The highest BCUT2D eigenvalue weighted by Crippen LogP contribution is 2.27. The van der Waals surface area contributed by atoms with Crippen molar-refractivity contribution in [3.8, 4) is 0 Å². The van der Waals surface area contributed by atoms with Crippen molar-refractivity contribution in [3.05, 3.63) is 192 Å². The first-order valence-corrected chi connectivity index (χ1v) is 49.2. The summed E-state index contributed by atoms with van der Waals surface area (Å²) < 4.78 is 30.8. The zero-order chi connectivity index (χ0) is 108. The molecule has 2 heterocycles. The van der Waals surface area contributed by atoms with Gasteiger partial charge in [0.1, 0.15) is 72.8 Å². The minimum absolute atomic E-state index is 0.0707. The third-order valence-electron chi connectivity index (χ3n) is 22.8. The van der Waals surface area contributed by atoms with Crippen LogP contribution in [0, 0.1) is 29.1 Å². The van der Waals surface area contributed by atoms with E-state index in [0.717, 1.165) is 11.1 Å². The average molecular weight is 2000 g/mol. The van der Waals surface area contributed by atoms with E-state index in [9.17, 15) is 87.5 Å². The van der Waals surface area contributed by atoms with Crippen molar-refractivity contribution in [2.75, 3.05) is 13.1 Å². The molecule has 2 aliphatic rings. The molecular weight excluding hydrogens is 1850 g/mol. The van der Waals surface area contributed by atoms with E-state index in [1.54, 1.807) is 238 Å². The number of allylic oxidation sites excluding steroid dienone is 1. The molecule has 15 atom stereocenters. The number of esters is 6. The van der Waals surface area contributed by atoms with Crippen LogP contribution in [-0.4, -0.2) is 225 Å². The average Bonchev–Trinajstić information content (AvgIpc) is 1.03. The van der Waals surface area contributed by atoms with Gasteiger partial charge in [0, 0.05) is 67.7 Å². The van der Waals surface area contributed by atoms with Gasteiger partial charge in [-0.25, -0.2) is 28.8 Å². The molecule has 0 bridgehead atoms. The highest BCUT2D eigenvalue weighted by Gasteiger charge is 2.41. The largest absolute Gasteiger partial charge is 0.595 e. The lowest BCUT2D eigenvalue weighted by molar-refractivity contribution is -0.262. The van der Waals surface area contributed by atoms with Crippen LogP contribution in [0.3, 0.4) is 0 Å². The molecular formula is C108H153N12O24-3. The van der Waals surface area contributed by atoms with Crippen LogP contribution in [-0.2, 0) is 94.0 Å². The third-order valence-corrected chi connectivity index (χ3v) is 22.8. The molecule has 36 heteroatoms. The predicted octanol–water partition coefficient (Wildman–Crippen LogP) is 9.73. The Morgan fingerprint density at radius 2 is 0.708 bits per heavy atom. The Bertz CT molecular complexity index is 5070. The molecule has 0 spiro atoms. The summed E-state index contributed by atoms with van der Waals surface area (Å²) in [5.74, 6) is -10.6. The first kappa shape index (κ1) is 123. The Labute approximate surface area is 848 Å². The molecule has 2 saturated heterocycles. The van der Waals surface area contributed by atoms with Gasteiger partial charge in [0.25, 0.3) is 0 Å². The van der Waals surface area contributed by atoms with Gasteiger partial charge < -0.3 is 90.5 Å². The van der Waals surface area contributed by atoms with E-state index >= 15 is 0 Å².